The Balaban J connectivity index is 3.43. The molecule has 0 N–H and O–H groups in total. The van der Waals surface area contributed by atoms with E-state index in [-0.39, 0.29) is 5.54 Å². The molecule has 0 aromatic rings. The summed E-state index contributed by atoms with van der Waals surface area (Å²) in [5.41, 5.74) is 0.155. The lowest BCUT2D eigenvalue weighted by Gasteiger charge is -2.19. The minimum Gasteiger partial charge on any atom is -0.291 e. The van der Waals surface area contributed by atoms with Gasteiger partial charge in [0.15, 0.2) is 0 Å². The summed E-state index contributed by atoms with van der Waals surface area (Å²) in [6, 6.07) is 0. The van der Waals surface area contributed by atoms with Crippen molar-refractivity contribution in [1.29, 1.82) is 0 Å². The third kappa shape index (κ3) is 19.8. The molecule has 150 valence electrons. The van der Waals surface area contributed by atoms with Gasteiger partial charge >= 0.3 is 0 Å². The van der Waals surface area contributed by atoms with Crippen LogP contribution in [-0.2, 0) is 0 Å². The van der Waals surface area contributed by atoms with E-state index in [0.717, 1.165) is 0 Å². The average Bonchev–Trinajstić information content (AvgIpc) is 2.59. The van der Waals surface area contributed by atoms with E-state index in [1.54, 1.807) is 0 Å². The van der Waals surface area contributed by atoms with Gasteiger partial charge in [-0.05, 0) is 39.3 Å². The van der Waals surface area contributed by atoms with Crippen LogP contribution in [0.3, 0.4) is 0 Å². The van der Waals surface area contributed by atoms with Crippen LogP contribution in [0.15, 0.2) is 4.99 Å². The Morgan fingerprint density at radius 3 is 1.44 bits per heavy atom. The zero-order chi connectivity index (χ0) is 18.6. The first kappa shape index (κ1) is 24.7. The van der Waals surface area contributed by atoms with Crippen LogP contribution in [0.5, 0.6) is 0 Å². The average molecular weight is 352 g/mol. The van der Waals surface area contributed by atoms with Crippen LogP contribution >= 0.6 is 0 Å². The smallest absolute Gasteiger partial charge is 0.0548 e. The summed E-state index contributed by atoms with van der Waals surface area (Å²) in [5, 5.41) is 0. The molecule has 0 unspecified atom stereocenters. The van der Waals surface area contributed by atoms with Crippen molar-refractivity contribution in [2.45, 2.75) is 149 Å². The molecule has 0 rings (SSSR count). The van der Waals surface area contributed by atoms with Gasteiger partial charge in [0.05, 0.1) is 5.54 Å². The van der Waals surface area contributed by atoms with Crippen molar-refractivity contribution in [3.8, 4) is 0 Å². The van der Waals surface area contributed by atoms with Crippen molar-refractivity contribution < 1.29 is 0 Å². The molecular formula is C24H49N. The molecule has 0 aromatic carbocycles. The maximum absolute atomic E-state index is 4.85. The fraction of sp³-hybridized carbons (Fsp3) is 0.958. The van der Waals surface area contributed by atoms with Crippen LogP contribution in [0.4, 0.5) is 0 Å². The van der Waals surface area contributed by atoms with E-state index in [1.807, 2.05) is 0 Å². The third-order valence-electron chi connectivity index (χ3n) is 5.27. The van der Waals surface area contributed by atoms with Gasteiger partial charge in [-0.25, -0.2) is 0 Å². The second-order valence-electron chi connectivity index (χ2n) is 8.61. The molecule has 0 spiro atoms. The van der Waals surface area contributed by atoms with Crippen molar-refractivity contribution in [3.63, 3.8) is 0 Å². The molecule has 0 saturated heterocycles. The lowest BCUT2D eigenvalue weighted by atomic mass is 9.96. The van der Waals surface area contributed by atoms with Gasteiger partial charge in [-0.2, -0.15) is 0 Å². The molecule has 0 fully saturated rings. The monoisotopic (exact) mass is 351 g/mol. The molecule has 1 nitrogen and oxygen atoms in total. The minimum atomic E-state index is 0.155. The number of aliphatic imine (C=N–C) groups is 1. The first-order valence-corrected chi connectivity index (χ1v) is 11.7. The van der Waals surface area contributed by atoms with Gasteiger partial charge in [-0.1, -0.05) is 110 Å². The number of unbranched alkanes of at least 4 members (excludes halogenated alkanes) is 15. The molecule has 0 amide bonds. The van der Waals surface area contributed by atoms with E-state index in [0.29, 0.717) is 0 Å². The first-order chi connectivity index (χ1) is 12.1. The zero-order valence-corrected chi connectivity index (χ0v) is 18.3. The molecule has 25 heavy (non-hydrogen) atoms. The Kier molecular flexibility index (Phi) is 18.2. The fourth-order valence-electron chi connectivity index (χ4n) is 3.44. The summed E-state index contributed by atoms with van der Waals surface area (Å²) in [6.45, 7) is 9.18. The van der Waals surface area contributed by atoms with E-state index >= 15 is 0 Å². The normalized spacial score (nSPS) is 12.3. The molecule has 0 aliphatic heterocycles. The lowest BCUT2D eigenvalue weighted by molar-refractivity contribution is 0.444. The van der Waals surface area contributed by atoms with Gasteiger partial charge in [-0.15, -0.1) is 0 Å². The predicted molar refractivity (Wildman–Crippen MR) is 117 cm³/mol. The van der Waals surface area contributed by atoms with Crippen molar-refractivity contribution in [2.75, 3.05) is 0 Å². The van der Waals surface area contributed by atoms with E-state index in [4.69, 9.17) is 4.99 Å². The van der Waals surface area contributed by atoms with Crippen LogP contribution < -0.4 is 0 Å². The topological polar surface area (TPSA) is 12.4 Å². The molecule has 0 radical (unpaired) electrons. The summed E-state index contributed by atoms with van der Waals surface area (Å²) < 4.78 is 0. The molecule has 0 atom stereocenters. The number of rotatable bonds is 19. The summed E-state index contributed by atoms with van der Waals surface area (Å²) in [6.07, 6.45) is 27.1. The SMILES string of the molecule is CCCCCCCCCCCC=NC(C)(C)CCCCCCCCC. The van der Waals surface area contributed by atoms with Gasteiger partial charge < -0.3 is 0 Å². The Morgan fingerprint density at radius 1 is 0.560 bits per heavy atom. The van der Waals surface area contributed by atoms with Crippen LogP contribution in [0.2, 0.25) is 0 Å². The second kappa shape index (κ2) is 18.5. The number of nitrogens with zero attached hydrogens (tertiary/aromatic N) is 1. The molecule has 0 aromatic heterocycles. The molecular weight excluding hydrogens is 302 g/mol. The Labute approximate surface area is 160 Å². The fourth-order valence-corrected chi connectivity index (χ4v) is 3.44. The van der Waals surface area contributed by atoms with E-state index in [1.165, 1.54) is 116 Å². The van der Waals surface area contributed by atoms with Crippen LogP contribution in [0.1, 0.15) is 143 Å². The molecule has 0 saturated carbocycles. The Morgan fingerprint density at radius 2 is 0.960 bits per heavy atom. The third-order valence-corrected chi connectivity index (χ3v) is 5.27. The largest absolute Gasteiger partial charge is 0.291 e. The Bertz CT molecular complexity index is 280. The number of hydrogen-bond donors (Lipinski definition) is 0. The predicted octanol–water partition coefficient (Wildman–Crippen LogP) is 8.90. The van der Waals surface area contributed by atoms with Gasteiger partial charge in [-0.3, -0.25) is 4.99 Å². The highest BCUT2D eigenvalue weighted by molar-refractivity contribution is 5.57. The second-order valence-corrected chi connectivity index (χ2v) is 8.61. The zero-order valence-electron chi connectivity index (χ0n) is 18.3. The van der Waals surface area contributed by atoms with Crippen molar-refractivity contribution in [1.82, 2.24) is 0 Å². The highest BCUT2D eigenvalue weighted by Crippen LogP contribution is 2.19. The lowest BCUT2D eigenvalue weighted by Crippen LogP contribution is -2.16. The van der Waals surface area contributed by atoms with Crippen molar-refractivity contribution in [3.05, 3.63) is 0 Å². The molecule has 0 aliphatic rings. The van der Waals surface area contributed by atoms with Gasteiger partial charge in [0.2, 0.25) is 0 Å². The quantitative estimate of drug-likeness (QED) is 0.163. The summed E-state index contributed by atoms with van der Waals surface area (Å²) in [7, 11) is 0. The van der Waals surface area contributed by atoms with E-state index in [9.17, 15) is 0 Å². The van der Waals surface area contributed by atoms with Crippen LogP contribution in [0, 0.1) is 0 Å². The van der Waals surface area contributed by atoms with Crippen LogP contribution in [0.25, 0.3) is 0 Å². The van der Waals surface area contributed by atoms with E-state index < -0.39 is 0 Å². The summed E-state index contributed by atoms with van der Waals surface area (Å²) >= 11 is 0. The Hall–Kier alpha value is -0.330. The van der Waals surface area contributed by atoms with E-state index in [2.05, 4.69) is 33.9 Å². The molecule has 0 bridgehead atoms. The summed E-state index contributed by atoms with van der Waals surface area (Å²) in [4.78, 5) is 4.85. The maximum atomic E-state index is 4.85. The summed E-state index contributed by atoms with van der Waals surface area (Å²) in [5.74, 6) is 0. The highest BCUT2D eigenvalue weighted by atomic mass is 14.8. The van der Waals surface area contributed by atoms with Gasteiger partial charge in [0.25, 0.3) is 0 Å². The molecule has 0 heterocycles. The maximum Gasteiger partial charge on any atom is 0.0548 e. The van der Waals surface area contributed by atoms with Crippen molar-refractivity contribution >= 4 is 6.21 Å². The standard InChI is InChI=1S/C24H49N/c1-5-7-9-11-13-14-15-17-19-21-23-25-24(3,4)22-20-18-16-12-10-8-6-2/h23H,5-22H2,1-4H3. The van der Waals surface area contributed by atoms with Crippen molar-refractivity contribution in [2.24, 2.45) is 4.99 Å². The van der Waals surface area contributed by atoms with Crippen LogP contribution in [-0.4, -0.2) is 11.8 Å². The first-order valence-electron chi connectivity index (χ1n) is 11.7. The number of hydrogen-bond acceptors (Lipinski definition) is 1. The van der Waals surface area contributed by atoms with Gasteiger partial charge in [0, 0.05) is 0 Å². The molecule has 0 aliphatic carbocycles. The molecule has 1 heteroatoms. The van der Waals surface area contributed by atoms with Gasteiger partial charge in [0.1, 0.15) is 0 Å². The minimum absolute atomic E-state index is 0.155. The highest BCUT2D eigenvalue weighted by Gasteiger charge is 2.13.